The Labute approximate surface area is 137 Å². The first-order valence-electron chi connectivity index (χ1n) is 6.88. The second-order valence-corrected chi connectivity index (χ2v) is 4.78. The molecule has 0 spiro atoms. The first-order chi connectivity index (χ1) is 11.5. The quantitative estimate of drug-likeness (QED) is 0.622. The lowest BCUT2D eigenvalue weighted by Gasteiger charge is -2.09. The number of nitrogens with one attached hydrogen (secondary N) is 2. The van der Waals surface area contributed by atoms with Crippen LogP contribution in [-0.2, 0) is 9.53 Å². The fourth-order valence-electron chi connectivity index (χ4n) is 1.97. The number of carbonyl (C=O) groups is 1. The molecule has 0 aromatic heterocycles. The Morgan fingerprint density at radius 1 is 1.25 bits per heavy atom. The highest BCUT2D eigenvalue weighted by Gasteiger charge is 2.11. The third-order valence-electron chi connectivity index (χ3n) is 3.06. The summed E-state index contributed by atoms with van der Waals surface area (Å²) in [6.07, 6.45) is 0. The smallest absolute Gasteiger partial charge is 0.270 e. The molecule has 24 heavy (non-hydrogen) atoms. The van der Waals surface area contributed by atoms with Gasteiger partial charge in [-0.1, -0.05) is 0 Å². The molecule has 0 saturated carbocycles. The van der Waals surface area contributed by atoms with Crippen molar-refractivity contribution in [2.24, 2.45) is 0 Å². The number of nitriles is 1. The summed E-state index contributed by atoms with van der Waals surface area (Å²) in [4.78, 5) is 21.6. The first kappa shape index (κ1) is 16.9. The van der Waals surface area contributed by atoms with E-state index in [9.17, 15) is 14.9 Å². The van der Waals surface area contributed by atoms with Crippen molar-refractivity contribution >= 4 is 28.7 Å². The van der Waals surface area contributed by atoms with Gasteiger partial charge in [-0.25, -0.2) is 0 Å². The fraction of sp³-hybridized carbons (Fsp3) is 0.125. The van der Waals surface area contributed by atoms with Crippen LogP contribution in [0.5, 0.6) is 0 Å². The molecule has 0 aliphatic rings. The van der Waals surface area contributed by atoms with E-state index in [1.165, 1.54) is 25.3 Å². The predicted molar refractivity (Wildman–Crippen MR) is 88.0 cm³/mol. The summed E-state index contributed by atoms with van der Waals surface area (Å²) in [6, 6.07) is 12.7. The highest BCUT2D eigenvalue weighted by Crippen LogP contribution is 2.25. The Morgan fingerprint density at radius 2 is 1.92 bits per heavy atom. The molecule has 8 nitrogen and oxygen atoms in total. The minimum atomic E-state index is -0.553. The van der Waals surface area contributed by atoms with Crippen molar-refractivity contribution in [1.82, 2.24) is 0 Å². The second-order valence-electron chi connectivity index (χ2n) is 4.78. The zero-order chi connectivity index (χ0) is 17.5. The number of amides is 1. The van der Waals surface area contributed by atoms with Gasteiger partial charge in [-0.3, -0.25) is 14.9 Å². The van der Waals surface area contributed by atoms with Gasteiger partial charge in [-0.2, -0.15) is 5.26 Å². The van der Waals surface area contributed by atoms with E-state index in [1.54, 1.807) is 24.3 Å². The monoisotopic (exact) mass is 326 g/mol. The lowest BCUT2D eigenvalue weighted by atomic mass is 10.1. The molecule has 0 aliphatic carbocycles. The molecule has 0 bridgehead atoms. The van der Waals surface area contributed by atoms with Crippen LogP contribution in [0.25, 0.3) is 0 Å². The maximum Gasteiger partial charge on any atom is 0.270 e. The summed E-state index contributed by atoms with van der Waals surface area (Å²) in [6.45, 7) is -0.0334. The lowest BCUT2D eigenvalue weighted by molar-refractivity contribution is -0.384. The van der Waals surface area contributed by atoms with Crippen LogP contribution in [0.2, 0.25) is 0 Å². The maximum atomic E-state index is 11.4. The minimum absolute atomic E-state index is 0.0334. The zero-order valence-corrected chi connectivity index (χ0v) is 12.8. The Morgan fingerprint density at radius 3 is 2.50 bits per heavy atom. The van der Waals surface area contributed by atoms with E-state index in [-0.39, 0.29) is 23.8 Å². The van der Waals surface area contributed by atoms with Crippen LogP contribution >= 0.6 is 0 Å². The van der Waals surface area contributed by atoms with E-state index >= 15 is 0 Å². The van der Waals surface area contributed by atoms with E-state index in [0.717, 1.165) is 0 Å². The number of benzene rings is 2. The molecule has 0 atom stereocenters. The molecule has 2 aromatic rings. The predicted octanol–water partition coefficient (Wildman–Crippen LogP) is 2.79. The molecular formula is C16H14N4O4. The van der Waals surface area contributed by atoms with Crippen LogP contribution in [-0.4, -0.2) is 24.5 Å². The third kappa shape index (κ3) is 4.28. The van der Waals surface area contributed by atoms with Gasteiger partial charge in [0.2, 0.25) is 5.91 Å². The largest absolute Gasteiger partial charge is 0.375 e. The molecular weight excluding hydrogens is 312 g/mol. The number of ether oxygens (including phenoxy) is 1. The molecule has 0 unspecified atom stereocenters. The van der Waals surface area contributed by atoms with Gasteiger partial charge in [-0.15, -0.1) is 0 Å². The van der Waals surface area contributed by atoms with Crippen molar-refractivity contribution in [3.05, 3.63) is 58.1 Å². The number of nitrogens with zero attached hydrogens (tertiary/aromatic N) is 2. The number of nitro groups is 1. The molecule has 0 aliphatic heterocycles. The van der Waals surface area contributed by atoms with Crippen molar-refractivity contribution in [3.8, 4) is 6.07 Å². The number of methoxy groups -OCH3 is 1. The Balaban J connectivity index is 2.13. The lowest BCUT2D eigenvalue weighted by Crippen LogP contribution is -2.16. The molecule has 0 fully saturated rings. The highest BCUT2D eigenvalue weighted by molar-refractivity contribution is 5.91. The molecule has 122 valence electrons. The minimum Gasteiger partial charge on any atom is -0.375 e. The number of hydrogen-bond donors (Lipinski definition) is 2. The number of hydrogen-bond acceptors (Lipinski definition) is 6. The summed E-state index contributed by atoms with van der Waals surface area (Å²) in [5.41, 5.74) is 1.76. The molecule has 0 heterocycles. The maximum absolute atomic E-state index is 11.4. The van der Waals surface area contributed by atoms with Crippen molar-refractivity contribution in [2.45, 2.75) is 0 Å². The van der Waals surface area contributed by atoms with Gasteiger partial charge in [0.05, 0.1) is 16.2 Å². The van der Waals surface area contributed by atoms with Gasteiger partial charge in [-0.05, 0) is 30.3 Å². The van der Waals surface area contributed by atoms with Gasteiger partial charge in [0, 0.05) is 30.6 Å². The number of carbonyl (C=O) groups excluding carboxylic acids is 1. The summed E-state index contributed by atoms with van der Waals surface area (Å²) < 4.78 is 4.73. The van der Waals surface area contributed by atoms with Gasteiger partial charge in [0.15, 0.2) is 0 Å². The van der Waals surface area contributed by atoms with E-state index in [1.807, 2.05) is 6.07 Å². The highest BCUT2D eigenvalue weighted by atomic mass is 16.6. The van der Waals surface area contributed by atoms with Gasteiger partial charge in [0.1, 0.15) is 12.7 Å². The van der Waals surface area contributed by atoms with E-state index in [4.69, 9.17) is 10.00 Å². The molecule has 0 saturated heterocycles. The number of rotatable bonds is 6. The molecule has 1 amide bonds. The average molecular weight is 326 g/mol. The molecule has 2 rings (SSSR count). The number of anilines is 3. The average Bonchev–Trinajstić information content (AvgIpc) is 2.57. The van der Waals surface area contributed by atoms with Crippen molar-refractivity contribution in [2.75, 3.05) is 24.4 Å². The summed E-state index contributed by atoms with van der Waals surface area (Å²) in [5, 5.41) is 25.5. The molecule has 2 N–H and O–H groups in total. The zero-order valence-electron chi connectivity index (χ0n) is 12.8. The van der Waals surface area contributed by atoms with Crippen molar-refractivity contribution < 1.29 is 14.5 Å². The van der Waals surface area contributed by atoms with Crippen LogP contribution in [0, 0.1) is 21.4 Å². The van der Waals surface area contributed by atoms with Crippen molar-refractivity contribution in [1.29, 1.82) is 5.26 Å². The van der Waals surface area contributed by atoms with Gasteiger partial charge in [0.25, 0.3) is 5.69 Å². The third-order valence-corrected chi connectivity index (χ3v) is 3.06. The van der Waals surface area contributed by atoms with Gasteiger partial charge >= 0.3 is 0 Å². The van der Waals surface area contributed by atoms with Gasteiger partial charge < -0.3 is 15.4 Å². The van der Waals surface area contributed by atoms with E-state index in [0.29, 0.717) is 17.1 Å². The normalized spacial score (nSPS) is 9.83. The van der Waals surface area contributed by atoms with Crippen LogP contribution in [0.3, 0.4) is 0 Å². The van der Waals surface area contributed by atoms with Crippen LogP contribution < -0.4 is 10.6 Å². The van der Waals surface area contributed by atoms with E-state index < -0.39 is 4.92 Å². The molecule has 8 heteroatoms. The van der Waals surface area contributed by atoms with Crippen molar-refractivity contribution in [3.63, 3.8) is 0 Å². The molecule has 0 radical (unpaired) electrons. The number of nitro benzene ring substituents is 1. The summed E-state index contributed by atoms with van der Waals surface area (Å²) in [7, 11) is 1.43. The summed E-state index contributed by atoms with van der Waals surface area (Å²) in [5.74, 6) is -0.264. The Bertz CT molecular complexity index is 797. The standard InChI is InChI=1S/C16H14N4O4/c1-24-10-16(21)19-13-4-2-12(3-5-13)18-15-7-6-14(20(22)23)8-11(15)9-17/h2-8,18H,10H2,1H3,(H,19,21). The second kappa shape index (κ2) is 7.71. The number of non-ortho nitro benzene ring substituents is 1. The van der Waals surface area contributed by atoms with E-state index in [2.05, 4.69) is 10.6 Å². The SMILES string of the molecule is COCC(=O)Nc1ccc(Nc2ccc([N+](=O)[O-])cc2C#N)cc1. The molecule has 2 aromatic carbocycles. The van der Waals surface area contributed by atoms with Crippen LogP contribution in [0.4, 0.5) is 22.7 Å². The van der Waals surface area contributed by atoms with Crippen LogP contribution in [0.1, 0.15) is 5.56 Å². The first-order valence-corrected chi connectivity index (χ1v) is 6.88. The summed E-state index contributed by atoms with van der Waals surface area (Å²) >= 11 is 0. The topological polar surface area (TPSA) is 117 Å². The Kier molecular flexibility index (Phi) is 5.44. The Hall–Kier alpha value is -3.44. The van der Waals surface area contributed by atoms with Crippen LogP contribution in [0.15, 0.2) is 42.5 Å². The fourth-order valence-corrected chi connectivity index (χ4v) is 1.97.